The molecule has 5 amide bonds. The zero-order chi connectivity index (χ0) is 31.7. The Balaban J connectivity index is 1.88. The highest BCUT2D eigenvalue weighted by Crippen LogP contribution is 2.37. The van der Waals surface area contributed by atoms with Crippen LogP contribution in [0.1, 0.15) is 38.1 Å². The summed E-state index contributed by atoms with van der Waals surface area (Å²) < 4.78 is 42.8. The fraction of sp³-hybridized carbons (Fsp3) is 0.481. The molecule has 1 aromatic carbocycles. The molecule has 0 radical (unpaired) electrons. The van der Waals surface area contributed by atoms with E-state index in [0.717, 1.165) is 11.3 Å². The number of imide groups is 1. The van der Waals surface area contributed by atoms with Crippen molar-refractivity contribution in [3.8, 4) is 0 Å². The number of hydrogen-bond acceptors (Lipinski definition) is 10. The number of fused-ring (bicyclic) bond motifs is 1. The maximum absolute atomic E-state index is 13.3. The Labute approximate surface area is 254 Å². The van der Waals surface area contributed by atoms with Gasteiger partial charge in [-0.25, -0.2) is 18.0 Å². The van der Waals surface area contributed by atoms with Gasteiger partial charge < -0.3 is 29.3 Å². The Kier molecular flexibility index (Phi) is 12.0. The average molecular weight is 640 g/mol. The van der Waals surface area contributed by atoms with Crippen molar-refractivity contribution in [2.24, 2.45) is 0 Å². The van der Waals surface area contributed by atoms with Gasteiger partial charge in [-0.05, 0) is 43.2 Å². The number of benzene rings is 1. The number of carbonyl (C=O) groups is 4. The maximum atomic E-state index is 13.3. The van der Waals surface area contributed by atoms with Crippen molar-refractivity contribution in [3.05, 3.63) is 45.8 Å². The second kappa shape index (κ2) is 15.2. The summed E-state index contributed by atoms with van der Waals surface area (Å²) >= 11 is 1.12. The summed E-state index contributed by atoms with van der Waals surface area (Å²) in [6.07, 6.45) is -0.173. The molecule has 0 atom stereocenters. The lowest BCUT2D eigenvalue weighted by molar-refractivity contribution is 0.0955. The molecule has 0 aliphatic carbocycles. The van der Waals surface area contributed by atoms with E-state index < -0.39 is 34.0 Å². The first kappa shape index (κ1) is 33.9. The van der Waals surface area contributed by atoms with Crippen molar-refractivity contribution in [3.63, 3.8) is 0 Å². The van der Waals surface area contributed by atoms with Crippen LogP contribution in [0.25, 0.3) is 0 Å². The van der Waals surface area contributed by atoms with Crippen LogP contribution < -0.4 is 10.6 Å². The van der Waals surface area contributed by atoms with E-state index in [4.69, 9.17) is 14.2 Å². The lowest BCUT2D eigenvalue weighted by atomic mass is 10.0. The Bertz CT molecular complexity index is 1420. The molecule has 1 aliphatic rings. The average Bonchev–Trinajstić information content (AvgIpc) is 3.34. The number of anilines is 1. The van der Waals surface area contributed by atoms with Crippen molar-refractivity contribution in [1.82, 2.24) is 19.4 Å². The molecule has 0 saturated heterocycles. The number of nitrogens with zero attached hydrogens (tertiary/aromatic N) is 3. The molecule has 0 bridgehead atoms. The normalized spacial score (nSPS) is 12.9. The second-order valence-corrected chi connectivity index (χ2v) is 12.6. The van der Waals surface area contributed by atoms with E-state index in [2.05, 4.69) is 10.6 Å². The van der Waals surface area contributed by atoms with Gasteiger partial charge in [0.1, 0.15) is 5.00 Å². The largest absolute Gasteiger partial charge is 0.450 e. The molecule has 0 unspecified atom stereocenters. The summed E-state index contributed by atoms with van der Waals surface area (Å²) in [5, 5.41) is 5.25. The predicted molar refractivity (Wildman–Crippen MR) is 159 cm³/mol. The zero-order valence-corrected chi connectivity index (χ0v) is 26.4. The van der Waals surface area contributed by atoms with Crippen molar-refractivity contribution >= 4 is 50.3 Å². The summed E-state index contributed by atoms with van der Waals surface area (Å²) in [6, 6.07) is 4.78. The highest BCUT2D eigenvalue weighted by molar-refractivity contribution is 7.89. The van der Waals surface area contributed by atoms with Gasteiger partial charge >= 0.3 is 12.1 Å². The van der Waals surface area contributed by atoms with Crippen LogP contribution >= 0.6 is 11.3 Å². The quantitative estimate of drug-likeness (QED) is 0.354. The summed E-state index contributed by atoms with van der Waals surface area (Å²) in [4.78, 5) is 54.4. The van der Waals surface area contributed by atoms with Crippen LogP contribution in [-0.4, -0.2) is 114 Å². The summed E-state index contributed by atoms with van der Waals surface area (Å²) in [6.45, 7) is 3.03. The third kappa shape index (κ3) is 8.29. The minimum Gasteiger partial charge on any atom is -0.450 e. The molecule has 2 N–H and O–H groups in total. The Morgan fingerprint density at radius 1 is 1.00 bits per heavy atom. The second-order valence-electron chi connectivity index (χ2n) is 9.60. The minimum absolute atomic E-state index is 0.0100. The first-order valence-corrected chi connectivity index (χ1v) is 15.7. The number of nitrogens with one attached hydrogen (secondary N) is 2. The van der Waals surface area contributed by atoms with Crippen LogP contribution in [0.2, 0.25) is 0 Å². The fourth-order valence-corrected chi connectivity index (χ4v) is 6.88. The van der Waals surface area contributed by atoms with E-state index in [1.165, 1.54) is 66.7 Å². The van der Waals surface area contributed by atoms with Gasteiger partial charge in [-0.2, -0.15) is 4.31 Å². The van der Waals surface area contributed by atoms with Crippen molar-refractivity contribution < 1.29 is 41.8 Å². The molecule has 1 aliphatic heterocycles. The smallest absolute Gasteiger partial charge is 0.410 e. The van der Waals surface area contributed by atoms with Gasteiger partial charge in [0.15, 0.2) is 0 Å². The minimum atomic E-state index is -3.89. The van der Waals surface area contributed by atoms with Crippen molar-refractivity contribution in [1.29, 1.82) is 0 Å². The van der Waals surface area contributed by atoms with Crippen LogP contribution in [0.3, 0.4) is 0 Å². The molecule has 2 heterocycles. The van der Waals surface area contributed by atoms with Gasteiger partial charge in [-0.15, -0.1) is 11.3 Å². The van der Waals surface area contributed by atoms with Gasteiger partial charge in [0.25, 0.3) is 11.8 Å². The van der Waals surface area contributed by atoms with E-state index in [1.807, 2.05) is 0 Å². The maximum Gasteiger partial charge on any atom is 0.410 e. The molecule has 0 saturated carbocycles. The predicted octanol–water partition coefficient (Wildman–Crippen LogP) is 2.21. The summed E-state index contributed by atoms with van der Waals surface area (Å²) in [5.74, 6) is -1.28. The lowest BCUT2D eigenvalue weighted by Gasteiger charge is -2.26. The number of carbonyl (C=O) groups excluding carboxylic acids is 4. The number of amides is 5. The number of methoxy groups -OCH3 is 2. The van der Waals surface area contributed by atoms with Gasteiger partial charge in [0.05, 0.1) is 36.8 Å². The molecular formula is C27H37N5O9S2. The van der Waals surface area contributed by atoms with Crippen LogP contribution in [0, 0.1) is 0 Å². The topological polar surface area (TPSA) is 164 Å². The fourth-order valence-electron chi connectivity index (χ4n) is 4.21. The van der Waals surface area contributed by atoms with Gasteiger partial charge in [0, 0.05) is 58.4 Å². The Morgan fingerprint density at radius 3 is 2.19 bits per heavy atom. The standard InChI is InChI=1S/C27H37N5O9S2/c1-6-41-27(36)31-12-11-20-21(17-31)42-25(22(20)24(34)29-26(35)30(2)3)28-23(33)18-7-9-19(10-8-18)43(37,38)32(13-15-39-4)14-16-40-5/h7-10H,6,11-17H2,1-5H3,(H,28,33)(H,29,34,35). The molecule has 2 aromatic rings. The molecule has 0 spiro atoms. The summed E-state index contributed by atoms with van der Waals surface area (Å²) in [5.41, 5.74) is 0.909. The molecule has 3 rings (SSSR count). The number of rotatable bonds is 12. The molecule has 1 aromatic heterocycles. The first-order valence-electron chi connectivity index (χ1n) is 13.4. The number of sulfonamides is 1. The highest BCUT2D eigenvalue weighted by atomic mass is 32.2. The lowest BCUT2D eigenvalue weighted by Crippen LogP contribution is -2.40. The van der Waals surface area contributed by atoms with Crippen molar-refractivity contribution in [2.75, 3.05) is 73.1 Å². The summed E-state index contributed by atoms with van der Waals surface area (Å²) in [7, 11) is 2.04. The van der Waals surface area contributed by atoms with E-state index in [1.54, 1.807) is 6.92 Å². The van der Waals surface area contributed by atoms with Crippen LogP contribution in [0.15, 0.2) is 29.2 Å². The third-order valence-corrected chi connectivity index (χ3v) is 9.55. The van der Waals surface area contributed by atoms with E-state index in [-0.39, 0.29) is 60.5 Å². The zero-order valence-electron chi connectivity index (χ0n) is 24.8. The number of hydrogen-bond donors (Lipinski definition) is 2. The van der Waals surface area contributed by atoms with E-state index >= 15 is 0 Å². The van der Waals surface area contributed by atoms with Crippen LogP contribution in [0.5, 0.6) is 0 Å². The molecule has 236 valence electrons. The first-order chi connectivity index (χ1) is 20.4. The van der Waals surface area contributed by atoms with E-state index in [0.29, 0.717) is 23.4 Å². The SMILES string of the molecule is CCOC(=O)N1CCc2c(sc(NC(=O)c3ccc(S(=O)(=O)N(CCOC)CCOC)cc3)c2C(=O)NC(=O)N(C)C)C1. The van der Waals surface area contributed by atoms with Crippen molar-refractivity contribution in [2.45, 2.75) is 24.8 Å². The van der Waals surface area contributed by atoms with E-state index in [9.17, 15) is 27.6 Å². The Morgan fingerprint density at radius 2 is 1.63 bits per heavy atom. The van der Waals surface area contributed by atoms with Gasteiger partial charge in [-0.1, -0.05) is 0 Å². The number of ether oxygens (including phenoxy) is 3. The monoisotopic (exact) mass is 639 g/mol. The molecule has 16 heteroatoms. The highest BCUT2D eigenvalue weighted by Gasteiger charge is 2.32. The Hall–Kier alpha value is -3.57. The van der Waals surface area contributed by atoms with Crippen LogP contribution in [0.4, 0.5) is 14.6 Å². The molecule has 0 fully saturated rings. The third-order valence-electron chi connectivity index (χ3n) is 6.51. The van der Waals surface area contributed by atoms with Crippen LogP contribution in [-0.2, 0) is 37.2 Å². The molecule has 43 heavy (non-hydrogen) atoms. The van der Waals surface area contributed by atoms with Gasteiger partial charge in [-0.3, -0.25) is 14.9 Å². The molecular weight excluding hydrogens is 602 g/mol. The molecule has 14 nitrogen and oxygen atoms in total. The number of urea groups is 1. The number of thiophene rings is 1. The van der Waals surface area contributed by atoms with Gasteiger partial charge in [0.2, 0.25) is 10.0 Å².